The van der Waals surface area contributed by atoms with Crippen LogP contribution in [0.4, 0.5) is 0 Å². The summed E-state index contributed by atoms with van der Waals surface area (Å²) in [5.74, 6) is -0.818. The van der Waals surface area contributed by atoms with Crippen molar-refractivity contribution in [3.05, 3.63) is 70.8 Å². The first kappa shape index (κ1) is 14.8. The van der Waals surface area contributed by atoms with Crippen molar-refractivity contribution < 1.29 is 9.90 Å². The van der Waals surface area contributed by atoms with E-state index in [1.54, 1.807) is 12.1 Å². The lowest BCUT2D eigenvalue weighted by Gasteiger charge is -2.06. The van der Waals surface area contributed by atoms with Gasteiger partial charge in [0.2, 0.25) is 0 Å². The Balaban J connectivity index is 1.82. The Morgan fingerprint density at radius 3 is 1.90 bits per heavy atom. The van der Waals surface area contributed by atoms with Crippen LogP contribution in [0.3, 0.4) is 0 Å². The van der Waals surface area contributed by atoms with E-state index in [0.717, 1.165) is 23.2 Å². The number of aliphatic carboxylic acids is 1. The van der Waals surface area contributed by atoms with Crippen LogP contribution < -0.4 is 5.32 Å². The minimum absolute atomic E-state index is 0.0545. The molecule has 2 rings (SSSR count). The van der Waals surface area contributed by atoms with Gasteiger partial charge in [0.25, 0.3) is 0 Å². The average molecular weight is 280 g/mol. The molecule has 0 amide bonds. The first-order valence-corrected chi connectivity index (χ1v) is 6.67. The molecule has 0 aromatic heterocycles. The zero-order valence-corrected chi connectivity index (χ0v) is 11.5. The molecule has 0 atom stereocenters. The van der Waals surface area contributed by atoms with E-state index < -0.39 is 5.97 Å². The van der Waals surface area contributed by atoms with Crippen molar-refractivity contribution in [2.75, 3.05) is 0 Å². The van der Waals surface area contributed by atoms with E-state index in [-0.39, 0.29) is 6.42 Å². The SMILES string of the molecule is N#Cc1ccc(CNCc2ccc(CC(=O)O)cc2)cc1. The second kappa shape index (κ2) is 7.22. The molecule has 2 N–H and O–H groups in total. The number of carboxylic acid groups (broad SMARTS) is 1. The summed E-state index contributed by atoms with van der Waals surface area (Å²) in [4.78, 5) is 10.6. The van der Waals surface area contributed by atoms with Gasteiger partial charge in [-0.1, -0.05) is 36.4 Å². The third kappa shape index (κ3) is 4.75. The molecule has 0 saturated heterocycles. The maximum Gasteiger partial charge on any atom is 0.307 e. The second-order valence-electron chi connectivity index (χ2n) is 4.80. The first-order valence-electron chi connectivity index (χ1n) is 6.67. The normalized spacial score (nSPS) is 10.0. The molecule has 0 aliphatic carbocycles. The lowest BCUT2D eigenvalue weighted by molar-refractivity contribution is -0.136. The van der Waals surface area contributed by atoms with Gasteiger partial charge in [0, 0.05) is 13.1 Å². The summed E-state index contributed by atoms with van der Waals surface area (Å²) in [6.07, 6.45) is 0.0545. The van der Waals surface area contributed by atoms with E-state index in [2.05, 4.69) is 11.4 Å². The minimum atomic E-state index is -0.818. The zero-order chi connectivity index (χ0) is 15.1. The van der Waals surface area contributed by atoms with E-state index in [0.29, 0.717) is 12.1 Å². The summed E-state index contributed by atoms with van der Waals surface area (Å²) < 4.78 is 0. The quantitative estimate of drug-likeness (QED) is 0.852. The van der Waals surface area contributed by atoms with Gasteiger partial charge in [-0.05, 0) is 28.8 Å². The van der Waals surface area contributed by atoms with Crippen LogP contribution in [0.5, 0.6) is 0 Å². The lowest BCUT2D eigenvalue weighted by atomic mass is 10.1. The molecule has 0 fully saturated rings. The van der Waals surface area contributed by atoms with Crippen LogP contribution in [0.25, 0.3) is 0 Å². The van der Waals surface area contributed by atoms with Crippen molar-refractivity contribution in [1.29, 1.82) is 5.26 Å². The van der Waals surface area contributed by atoms with E-state index in [9.17, 15) is 4.79 Å². The van der Waals surface area contributed by atoms with Crippen LogP contribution in [0, 0.1) is 11.3 Å². The molecule has 0 aliphatic heterocycles. The highest BCUT2D eigenvalue weighted by molar-refractivity contribution is 5.70. The molecule has 21 heavy (non-hydrogen) atoms. The molecule has 0 bridgehead atoms. The van der Waals surface area contributed by atoms with Gasteiger partial charge in [0.15, 0.2) is 0 Å². The second-order valence-corrected chi connectivity index (χ2v) is 4.80. The van der Waals surface area contributed by atoms with Crippen LogP contribution in [-0.2, 0) is 24.3 Å². The van der Waals surface area contributed by atoms with Crippen molar-refractivity contribution in [3.63, 3.8) is 0 Å². The number of nitrogens with one attached hydrogen (secondary N) is 1. The van der Waals surface area contributed by atoms with Crippen molar-refractivity contribution in [3.8, 4) is 6.07 Å². The number of nitrogens with zero attached hydrogens (tertiary/aromatic N) is 1. The summed E-state index contributed by atoms with van der Waals surface area (Å²) in [6, 6.07) is 17.1. The Labute approximate surface area is 123 Å². The van der Waals surface area contributed by atoms with Crippen LogP contribution in [0.15, 0.2) is 48.5 Å². The molecule has 2 aromatic rings. The first-order chi connectivity index (χ1) is 10.2. The van der Waals surface area contributed by atoms with Crippen LogP contribution >= 0.6 is 0 Å². The maximum atomic E-state index is 10.6. The van der Waals surface area contributed by atoms with E-state index in [1.165, 1.54) is 0 Å². The minimum Gasteiger partial charge on any atom is -0.481 e. The Morgan fingerprint density at radius 1 is 0.952 bits per heavy atom. The van der Waals surface area contributed by atoms with Gasteiger partial charge >= 0.3 is 5.97 Å². The average Bonchev–Trinajstić information content (AvgIpc) is 2.49. The number of carboxylic acids is 1. The molecule has 4 nitrogen and oxygen atoms in total. The standard InChI is InChI=1S/C17H16N2O2/c18-10-14-3-7-16(8-4-14)12-19-11-15-5-1-13(2-6-15)9-17(20)21/h1-8,19H,9,11-12H2,(H,20,21). The number of benzene rings is 2. The fourth-order valence-electron chi connectivity index (χ4n) is 2.00. The summed E-state index contributed by atoms with van der Waals surface area (Å²) >= 11 is 0. The third-order valence-corrected chi connectivity index (χ3v) is 3.12. The van der Waals surface area contributed by atoms with Crippen LogP contribution in [0.2, 0.25) is 0 Å². The highest BCUT2D eigenvalue weighted by Gasteiger charge is 2.00. The van der Waals surface area contributed by atoms with Gasteiger partial charge in [-0.3, -0.25) is 4.79 Å². The van der Waals surface area contributed by atoms with Gasteiger partial charge in [0.05, 0.1) is 18.1 Å². The molecule has 2 aromatic carbocycles. The summed E-state index contributed by atoms with van der Waals surface area (Å²) in [6.45, 7) is 1.44. The van der Waals surface area contributed by atoms with Crippen LogP contribution in [0.1, 0.15) is 22.3 Å². The number of hydrogen-bond acceptors (Lipinski definition) is 3. The summed E-state index contributed by atoms with van der Waals surface area (Å²) in [5, 5.41) is 20.8. The largest absolute Gasteiger partial charge is 0.481 e. The number of hydrogen-bond donors (Lipinski definition) is 2. The summed E-state index contributed by atoms with van der Waals surface area (Å²) in [7, 11) is 0. The lowest BCUT2D eigenvalue weighted by Crippen LogP contribution is -2.12. The van der Waals surface area contributed by atoms with Crippen LogP contribution in [-0.4, -0.2) is 11.1 Å². The molecule has 4 heteroatoms. The fraction of sp³-hybridized carbons (Fsp3) is 0.176. The molecule has 106 valence electrons. The Kier molecular flexibility index (Phi) is 5.08. The van der Waals surface area contributed by atoms with Crippen molar-refractivity contribution in [1.82, 2.24) is 5.32 Å². The van der Waals surface area contributed by atoms with Gasteiger partial charge in [-0.15, -0.1) is 0 Å². The molecule has 0 aliphatic rings. The summed E-state index contributed by atoms with van der Waals surface area (Å²) in [5.41, 5.74) is 3.69. The highest BCUT2D eigenvalue weighted by Crippen LogP contribution is 2.07. The molecular weight excluding hydrogens is 264 g/mol. The Bertz CT molecular complexity index is 640. The van der Waals surface area contributed by atoms with Gasteiger partial charge in [-0.25, -0.2) is 0 Å². The number of nitriles is 1. The van der Waals surface area contributed by atoms with Gasteiger partial charge in [0.1, 0.15) is 0 Å². The smallest absolute Gasteiger partial charge is 0.307 e. The predicted molar refractivity (Wildman–Crippen MR) is 79.5 cm³/mol. The number of rotatable bonds is 6. The van der Waals surface area contributed by atoms with E-state index in [1.807, 2.05) is 36.4 Å². The Morgan fingerprint density at radius 2 is 1.43 bits per heavy atom. The highest BCUT2D eigenvalue weighted by atomic mass is 16.4. The molecule has 0 heterocycles. The molecular formula is C17H16N2O2. The topological polar surface area (TPSA) is 73.1 Å². The zero-order valence-electron chi connectivity index (χ0n) is 11.5. The van der Waals surface area contributed by atoms with Crippen molar-refractivity contribution in [2.45, 2.75) is 19.5 Å². The molecule has 0 radical (unpaired) electrons. The monoisotopic (exact) mass is 280 g/mol. The van der Waals surface area contributed by atoms with Gasteiger partial charge in [-0.2, -0.15) is 5.26 Å². The maximum absolute atomic E-state index is 10.6. The fourth-order valence-corrected chi connectivity index (χ4v) is 2.00. The predicted octanol–water partition coefficient (Wildman–Crippen LogP) is 2.48. The van der Waals surface area contributed by atoms with Crippen molar-refractivity contribution in [2.24, 2.45) is 0 Å². The van der Waals surface area contributed by atoms with Crippen molar-refractivity contribution >= 4 is 5.97 Å². The van der Waals surface area contributed by atoms with Gasteiger partial charge < -0.3 is 10.4 Å². The molecule has 0 saturated carbocycles. The molecule has 0 unspecified atom stereocenters. The number of carbonyl (C=O) groups is 1. The third-order valence-electron chi connectivity index (χ3n) is 3.12. The Hall–Kier alpha value is -2.64. The van der Waals surface area contributed by atoms with E-state index in [4.69, 9.17) is 10.4 Å². The molecule has 0 spiro atoms. The van der Waals surface area contributed by atoms with E-state index >= 15 is 0 Å².